The third kappa shape index (κ3) is 7.40. The standard InChI is InChI=1S/C20H32N4O5/c1-20(2,3)29-19(27)24-16(13-8-6-5-7-9-13)17(25)23-15(18(26)28-4)10-14-11-21-12-22-14/h11-13,15-16H,5-10H2,1-4H3,(H,21,22)(H,23,25)(H,24,27)/t15-,16?/m0/s1. The van der Waals surface area contributed by atoms with Gasteiger partial charge in [0.15, 0.2) is 0 Å². The maximum absolute atomic E-state index is 13.1. The Morgan fingerprint density at radius 3 is 2.45 bits per heavy atom. The number of rotatable bonds is 7. The van der Waals surface area contributed by atoms with Gasteiger partial charge in [0.2, 0.25) is 5.91 Å². The first-order chi connectivity index (χ1) is 13.7. The first kappa shape index (κ1) is 22.7. The maximum Gasteiger partial charge on any atom is 0.408 e. The lowest BCUT2D eigenvalue weighted by molar-refractivity contribution is -0.145. The fourth-order valence-corrected chi connectivity index (χ4v) is 3.51. The van der Waals surface area contributed by atoms with Crippen LogP contribution in [0.25, 0.3) is 0 Å². The minimum atomic E-state index is -0.889. The molecule has 162 valence electrons. The van der Waals surface area contributed by atoms with Crippen molar-refractivity contribution in [3.63, 3.8) is 0 Å². The van der Waals surface area contributed by atoms with Crippen LogP contribution in [0, 0.1) is 5.92 Å². The highest BCUT2D eigenvalue weighted by Crippen LogP contribution is 2.27. The molecule has 1 aliphatic rings. The van der Waals surface area contributed by atoms with Crippen LogP contribution in [0.5, 0.6) is 0 Å². The van der Waals surface area contributed by atoms with Crippen LogP contribution in [-0.4, -0.2) is 52.7 Å². The molecule has 0 saturated heterocycles. The van der Waals surface area contributed by atoms with Gasteiger partial charge in [-0.3, -0.25) is 4.79 Å². The Morgan fingerprint density at radius 1 is 1.21 bits per heavy atom. The Labute approximate surface area is 171 Å². The average molecular weight is 408 g/mol. The molecule has 1 heterocycles. The van der Waals surface area contributed by atoms with Gasteiger partial charge in [0.25, 0.3) is 0 Å². The molecule has 1 unspecified atom stereocenters. The Hall–Kier alpha value is -2.58. The quantitative estimate of drug-likeness (QED) is 0.594. The van der Waals surface area contributed by atoms with Gasteiger partial charge in [0.05, 0.1) is 13.4 Å². The predicted octanol–water partition coefficient (Wildman–Crippen LogP) is 2.08. The number of aromatic nitrogens is 2. The highest BCUT2D eigenvalue weighted by molar-refractivity contribution is 5.90. The molecule has 0 spiro atoms. The summed E-state index contributed by atoms with van der Waals surface area (Å²) in [5.41, 5.74) is 0.0161. The number of amides is 2. The molecule has 0 bridgehead atoms. The molecule has 0 aromatic carbocycles. The van der Waals surface area contributed by atoms with E-state index in [4.69, 9.17) is 9.47 Å². The van der Waals surface area contributed by atoms with Crippen LogP contribution in [0.2, 0.25) is 0 Å². The van der Waals surface area contributed by atoms with E-state index >= 15 is 0 Å². The molecular weight excluding hydrogens is 376 g/mol. The van der Waals surface area contributed by atoms with E-state index in [1.165, 1.54) is 13.4 Å². The monoisotopic (exact) mass is 408 g/mol. The lowest BCUT2D eigenvalue weighted by atomic mass is 9.83. The van der Waals surface area contributed by atoms with Crippen molar-refractivity contribution in [2.45, 2.75) is 77.0 Å². The van der Waals surface area contributed by atoms with Crippen molar-refractivity contribution < 1.29 is 23.9 Å². The summed E-state index contributed by atoms with van der Waals surface area (Å²) in [6.07, 6.45) is 7.42. The topological polar surface area (TPSA) is 122 Å². The van der Waals surface area contributed by atoms with Gasteiger partial charge in [-0.05, 0) is 39.5 Å². The second kappa shape index (κ2) is 10.3. The molecule has 2 rings (SSSR count). The van der Waals surface area contributed by atoms with Gasteiger partial charge in [-0.25, -0.2) is 14.6 Å². The molecule has 1 fully saturated rings. The average Bonchev–Trinajstić information content (AvgIpc) is 3.17. The molecule has 0 radical (unpaired) electrons. The van der Waals surface area contributed by atoms with Crippen LogP contribution in [0.1, 0.15) is 58.6 Å². The number of hydrogen-bond acceptors (Lipinski definition) is 6. The Morgan fingerprint density at radius 2 is 1.90 bits per heavy atom. The number of nitrogens with zero attached hydrogens (tertiary/aromatic N) is 1. The van der Waals surface area contributed by atoms with Crippen molar-refractivity contribution in [3.8, 4) is 0 Å². The number of alkyl carbamates (subject to hydrolysis) is 1. The van der Waals surface area contributed by atoms with Crippen LogP contribution in [-0.2, 0) is 25.5 Å². The van der Waals surface area contributed by atoms with Crippen LogP contribution in [0.3, 0.4) is 0 Å². The van der Waals surface area contributed by atoms with E-state index in [2.05, 4.69) is 20.6 Å². The van der Waals surface area contributed by atoms with Crippen molar-refractivity contribution in [2.75, 3.05) is 7.11 Å². The van der Waals surface area contributed by atoms with Crippen molar-refractivity contribution in [2.24, 2.45) is 5.92 Å². The zero-order valence-electron chi connectivity index (χ0n) is 17.6. The summed E-state index contributed by atoms with van der Waals surface area (Å²) in [6.45, 7) is 5.29. The van der Waals surface area contributed by atoms with Gasteiger partial charge < -0.3 is 25.1 Å². The van der Waals surface area contributed by atoms with Crippen LogP contribution >= 0.6 is 0 Å². The molecule has 1 aromatic rings. The molecule has 2 atom stereocenters. The van der Waals surface area contributed by atoms with E-state index < -0.39 is 35.7 Å². The van der Waals surface area contributed by atoms with Crippen molar-refractivity contribution >= 4 is 18.0 Å². The molecule has 1 aliphatic carbocycles. The SMILES string of the molecule is COC(=O)[C@H](Cc1cnc[nH]1)NC(=O)C(NC(=O)OC(C)(C)C)C1CCCCC1. The van der Waals surface area contributed by atoms with E-state index in [-0.39, 0.29) is 12.3 Å². The zero-order valence-corrected chi connectivity index (χ0v) is 17.6. The number of H-pyrrole nitrogens is 1. The molecule has 9 heteroatoms. The minimum Gasteiger partial charge on any atom is -0.467 e. The third-order valence-electron chi connectivity index (χ3n) is 4.86. The number of hydrogen-bond donors (Lipinski definition) is 3. The maximum atomic E-state index is 13.1. The number of aromatic amines is 1. The van der Waals surface area contributed by atoms with Gasteiger partial charge in [0.1, 0.15) is 17.7 Å². The number of ether oxygens (including phenoxy) is 2. The second-order valence-electron chi connectivity index (χ2n) is 8.39. The van der Waals surface area contributed by atoms with E-state index in [9.17, 15) is 14.4 Å². The summed E-state index contributed by atoms with van der Waals surface area (Å²) in [4.78, 5) is 44.5. The van der Waals surface area contributed by atoms with E-state index in [0.29, 0.717) is 5.69 Å². The van der Waals surface area contributed by atoms with E-state index in [1.807, 2.05) is 0 Å². The van der Waals surface area contributed by atoms with Gasteiger partial charge in [0, 0.05) is 18.3 Å². The predicted molar refractivity (Wildman–Crippen MR) is 106 cm³/mol. The number of esters is 1. The van der Waals surface area contributed by atoms with Crippen molar-refractivity contribution in [1.82, 2.24) is 20.6 Å². The fraction of sp³-hybridized carbons (Fsp3) is 0.700. The summed E-state index contributed by atoms with van der Waals surface area (Å²) < 4.78 is 10.2. The molecule has 1 saturated carbocycles. The number of methoxy groups -OCH3 is 1. The summed E-state index contributed by atoms with van der Waals surface area (Å²) in [5, 5.41) is 5.46. The Kier molecular flexibility index (Phi) is 8.04. The first-order valence-corrected chi connectivity index (χ1v) is 10.0. The first-order valence-electron chi connectivity index (χ1n) is 10.0. The Bertz CT molecular complexity index is 678. The highest BCUT2D eigenvalue weighted by atomic mass is 16.6. The molecular formula is C20H32N4O5. The Balaban J connectivity index is 2.12. The molecule has 0 aliphatic heterocycles. The van der Waals surface area contributed by atoms with Gasteiger partial charge in [-0.1, -0.05) is 19.3 Å². The van der Waals surface area contributed by atoms with Gasteiger partial charge in [-0.2, -0.15) is 0 Å². The summed E-state index contributed by atoms with van der Waals surface area (Å²) >= 11 is 0. The van der Waals surface area contributed by atoms with Crippen molar-refractivity contribution in [3.05, 3.63) is 18.2 Å². The molecule has 1 aromatic heterocycles. The molecule has 2 amide bonds. The second-order valence-corrected chi connectivity index (χ2v) is 8.39. The summed E-state index contributed by atoms with van der Waals surface area (Å²) in [7, 11) is 1.27. The van der Waals surface area contributed by atoms with Crippen LogP contribution in [0.4, 0.5) is 4.79 Å². The largest absolute Gasteiger partial charge is 0.467 e. The highest BCUT2D eigenvalue weighted by Gasteiger charge is 2.34. The fourth-order valence-electron chi connectivity index (χ4n) is 3.51. The van der Waals surface area contributed by atoms with Crippen molar-refractivity contribution in [1.29, 1.82) is 0 Å². The minimum absolute atomic E-state index is 0.0123. The number of carbonyl (C=O) groups excluding carboxylic acids is 3. The molecule has 3 N–H and O–H groups in total. The van der Waals surface area contributed by atoms with E-state index in [1.54, 1.807) is 27.0 Å². The lowest BCUT2D eigenvalue weighted by Crippen LogP contribution is -2.56. The number of imidazole rings is 1. The normalized spacial score (nSPS) is 17.1. The van der Waals surface area contributed by atoms with E-state index in [0.717, 1.165) is 32.1 Å². The smallest absolute Gasteiger partial charge is 0.408 e. The molecule has 29 heavy (non-hydrogen) atoms. The lowest BCUT2D eigenvalue weighted by Gasteiger charge is -2.31. The zero-order chi connectivity index (χ0) is 21.4. The number of nitrogens with one attached hydrogen (secondary N) is 3. The number of carbonyl (C=O) groups is 3. The summed E-state index contributed by atoms with van der Waals surface area (Å²) in [5.74, 6) is -0.994. The van der Waals surface area contributed by atoms with Crippen LogP contribution < -0.4 is 10.6 Å². The van der Waals surface area contributed by atoms with Gasteiger partial charge in [-0.15, -0.1) is 0 Å². The third-order valence-corrected chi connectivity index (χ3v) is 4.86. The molecule has 9 nitrogen and oxygen atoms in total. The summed E-state index contributed by atoms with van der Waals surface area (Å²) in [6, 6.07) is -1.67. The van der Waals surface area contributed by atoms with Crippen LogP contribution in [0.15, 0.2) is 12.5 Å². The van der Waals surface area contributed by atoms with Gasteiger partial charge >= 0.3 is 12.1 Å².